The van der Waals surface area contributed by atoms with Gasteiger partial charge in [0.05, 0.1) is 6.04 Å². The molecule has 0 aliphatic carbocycles. The molecule has 1 N–H and O–H groups in total. The van der Waals surface area contributed by atoms with Crippen molar-refractivity contribution in [1.82, 2.24) is 20.0 Å². The molecule has 1 aliphatic rings. The number of carbonyl (C=O) groups is 1. The van der Waals surface area contributed by atoms with Crippen LogP contribution in [0.25, 0.3) is 10.1 Å². The Bertz CT molecular complexity index is 884. The van der Waals surface area contributed by atoms with E-state index in [2.05, 4.69) is 45.0 Å². The molecule has 1 atom stereocenters. The van der Waals surface area contributed by atoms with E-state index in [0.29, 0.717) is 11.7 Å². The van der Waals surface area contributed by atoms with Crippen LogP contribution in [-0.2, 0) is 6.54 Å². The number of hydrogen-bond donors (Lipinski definition) is 1. The number of amides is 1. The highest BCUT2D eigenvalue weighted by molar-refractivity contribution is 7.17. The Hall–Kier alpha value is -2.18. The summed E-state index contributed by atoms with van der Waals surface area (Å²) in [5.74, 6) is -0.129. The van der Waals surface area contributed by atoms with Crippen molar-refractivity contribution in [2.75, 3.05) is 20.1 Å². The van der Waals surface area contributed by atoms with Crippen molar-refractivity contribution in [2.45, 2.75) is 25.4 Å². The normalized spacial score (nSPS) is 18.5. The van der Waals surface area contributed by atoms with E-state index in [1.165, 1.54) is 15.6 Å². The Labute approximate surface area is 151 Å². The number of nitrogens with one attached hydrogen (secondary N) is 1. The van der Waals surface area contributed by atoms with E-state index in [-0.39, 0.29) is 5.91 Å². The summed E-state index contributed by atoms with van der Waals surface area (Å²) in [5.41, 5.74) is 1.90. The summed E-state index contributed by atoms with van der Waals surface area (Å²) in [6, 6.07) is 10.7. The third kappa shape index (κ3) is 3.32. The minimum atomic E-state index is -0.129. The highest BCUT2D eigenvalue weighted by Gasteiger charge is 2.23. The van der Waals surface area contributed by atoms with Crippen molar-refractivity contribution >= 4 is 27.3 Å². The smallest absolute Gasteiger partial charge is 0.271 e. The predicted octanol–water partition coefficient (Wildman–Crippen LogP) is 3.29. The summed E-state index contributed by atoms with van der Waals surface area (Å²) in [5, 5.41) is 10.7. The number of fused-ring (bicyclic) bond motifs is 1. The van der Waals surface area contributed by atoms with Gasteiger partial charge in [0.25, 0.3) is 5.91 Å². The van der Waals surface area contributed by atoms with Crippen LogP contribution >= 0.6 is 11.3 Å². The van der Waals surface area contributed by atoms with Gasteiger partial charge < -0.3 is 5.32 Å². The molecule has 0 bridgehead atoms. The van der Waals surface area contributed by atoms with Crippen molar-refractivity contribution in [2.24, 2.45) is 0 Å². The van der Waals surface area contributed by atoms with Gasteiger partial charge in [-0.2, -0.15) is 5.10 Å². The third-order valence-electron chi connectivity index (χ3n) is 4.88. The molecule has 1 aromatic carbocycles. The maximum absolute atomic E-state index is 11.7. The average molecular weight is 354 g/mol. The van der Waals surface area contributed by atoms with Gasteiger partial charge in [-0.25, -0.2) is 0 Å². The first kappa shape index (κ1) is 16.3. The first-order valence-electron chi connectivity index (χ1n) is 8.69. The number of thiophene rings is 1. The van der Waals surface area contributed by atoms with E-state index in [9.17, 15) is 4.79 Å². The Morgan fingerprint density at radius 1 is 1.36 bits per heavy atom. The summed E-state index contributed by atoms with van der Waals surface area (Å²) in [7, 11) is 1.63. The summed E-state index contributed by atoms with van der Waals surface area (Å²) >= 11 is 1.82. The molecule has 1 saturated heterocycles. The molecule has 0 radical (unpaired) electrons. The van der Waals surface area contributed by atoms with Crippen LogP contribution < -0.4 is 5.32 Å². The largest absolute Gasteiger partial charge is 0.354 e. The Balaban J connectivity index is 1.47. The van der Waals surface area contributed by atoms with Crippen LogP contribution in [0, 0.1) is 0 Å². The van der Waals surface area contributed by atoms with Crippen LogP contribution in [0.5, 0.6) is 0 Å². The third-order valence-corrected chi connectivity index (χ3v) is 5.89. The zero-order valence-electron chi connectivity index (χ0n) is 14.3. The van der Waals surface area contributed by atoms with Gasteiger partial charge in [-0.15, -0.1) is 11.3 Å². The van der Waals surface area contributed by atoms with Crippen LogP contribution in [0.4, 0.5) is 0 Å². The number of carbonyl (C=O) groups excluding carboxylic acids is 1. The fraction of sp³-hybridized carbons (Fsp3) is 0.368. The van der Waals surface area contributed by atoms with E-state index in [1.54, 1.807) is 13.1 Å². The summed E-state index contributed by atoms with van der Waals surface area (Å²) in [4.78, 5) is 14.2. The number of nitrogens with zero attached hydrogens (tertiary/aromatic N) is 3. The number of likely N-dealkylation sites (tertiary alicyclic amines) is 1. The molecule has 4 rings (SSSR count). The first-order valence-corrected chi connectivity index (χ1v) is 9.57. The van der Waals surface area contributed by atoms with Gasteiger partial charge >= 0.3 is 0 Å². The van der Waals surface area contributed by atoms with E-state index >= 15 is 0 Å². The predicted molar refractivity (Wildman–Crippen MR) is 101 cm³/mol. The SMILES string of the molecule is CNC(=O)c1ccn(C2CCCN(Cc3csc4ccccc34)C2)n1. The highest BCUT2D eigenvalue weighted by atomic mass is 32.1. The second-order valence-corrected chi connectivity index (χ2v) is 7.46. The molecular formula is C19H22N4OS. The maximum Gasteiger partial charge on any atom is 0.271 e. The first-order chi connectivity index (χ1) is 12.2. The fourth-order valence-corrected chi connectivity index (χ4v) is 4.53. The quantitative estimate of drug-likeness (QED) is 0.782. The molecule has 3 aromatic rings. The van der Waals surface area contributed by atoms with E-state index < -0.39 is 0 Å². The highest BCUT2D eigenvalue weighted by Crippen LogP contribution is 2.29. The lowest BCUT2D eigenvalue weighted by molar-refractivity contribution is 0.0955. The van der Waals surface area contributed by atoms with E-state index in [0.717, 1.165) is 32.5 Å². The standard InChI is InChI=1S/C19H22N4OS/c1-20-19(24)17-8-10-23(21-17)15-5-4-9-22(12-15)11-14-13-25-18-7-3-2-6-16(14)18/h2-3,6-8,10,13,15H,4-5,9,11-12H2,1H3,(H,20,24). The summed E-state index contributed by atoms with van der Waals surface area (Å²) in [6.45, 7) is 3.06. The van der Waals surface area contributed by atoms with Crippen LogP contribution in [0.1, 0.15) is 34.9 Å². The fourth-order valence-electron chi connectivity index (χ4n) is 3.58. The summed E-state index contributed by atoms with van der Waals surface area (Å²) in [6.07, 6.45) is 4.19. The van der Waals surface area contributed by atoms with Crippen molar-refractivity contribution in [3.8, 4) is 0 Å². The molecule has 0 spiro atoms. The lowest BCUT2D eigenvalue weighted by Crippen LogP contribution is -2.36. The van der Waals surface area contributed by atoms with Gasteiger partial charge in [-0.3, -0.25) is 14.4 Å². The molecule has 25 heavy (non-hydrogen) atoms. The average Bonchev–Trinajstić information content (AvgIpc) is 3.29. The molecule has 130 valence electrons. The molecule has 5 nitrogen and oxygen atoms in total. The molecule has 1 fully saturated rings. The minimum Gasteiger partial charge on any atom is -0.354 e. The van der Waals surface area contributed by atoms with Crippen LogP contribution in [0.2, 0.25) is 0 Å². The molecule has 3 heterocycles. The van der Waals surface area contributed by atoms with E-state index in [4.69, 9.17) is 0 Å². The molecule has 2 aromatic heterocycles. The molecular weight excluding hydrogens is 332 g/mol. The zero-order chi connectivity index (χ0) is 17.2. The lowest BCUT2D eigenvalue weighted by Gasteiger charge is -2.32. The monoisotopic (exact) mass is 354 g/mol. The number of rotatable bonds is 4. The van der Waals surface area contributed by atoms with Crippen molar-refractivity contribution in [3.63, 3.8) is 0 Å². The van der Waals surface area contributed by atoms with Crippen LogP contribution in [-0.4, -0.2) is 40.7 Å². The number of aromatic nitrogens is 2. The number of hydrogen-bond acceptors (Lipinski definition) is 4. The molecule has 1 amide bonds. The lowest BCUT2D eigenvalue weighted by atomic mass is 10.0. The van der Waals surface area contributed by atoms with Gasteiger partial charge in [-0.05, 0) is 47.8 Å². The number of piperidine rings is 1. The van der Waals surface area contributed by atoms with Gasteiger partial charge in [0, 0.05) is 31.0 Å². The second kappa shape index (κ2) is 6.98. The summed E-state index contributed by atoms with van der Waals surface area (Å²) < 4.78 is 3.32. The van der Waals surface area contributed by atoms with Crippen molar-refractivity contribution < 1.29 is 4.79 Å². The van der Waals surface area contributed by atoms with Crippen molar-refractivity contribution in [3.05, 3.63) is 53.2 Å². The minimum absolute atomic E-state index is 0.129. The van der Waals surface area contributed by atoms with E-state index in [1.807, 2.05) is 22.2 Å². The Morgan fingerprint density at radius 3 is 3.12 bits per heavy atom. The Morgan fingerprint density at radius 2 is 2.24 bits per heavy atom. The second-order valence-electron chi connectivity index (χ2n) is 6.55. The molecule has 6 heteroatoms. The van der Waals surface area contributed by atoms with Gasteiger partial charge in [0.1, 0.15) is 5.69 Å². The van der Waals surface area contributed by atoms with Crippen molar-refractivity contribution in [1.29, 1.82) is 0 Å². The topological polar surface area (TPSA) is 50.2 Å². The molecule has 1 unspecified atom stereocenters. The molecule has 0 saturated carbocycles. The Kier molecular flexibility index (Phi) is 4.55. The van der Waals surface area contributed by atoms with Crippen LogP contribution in [0.15, 0.2) is 41.9 Å². The van der Waals surface area contributed by atoms with Gasteiger partial charge in [0.15, 0.2) is 0 Å². The van der Waals surface area contributed by atoms with Gasteiger partial charge in [-0.1, -0.05) is 18.2 Å². The zero-order valence-corrected chi connectivity index (χ0v) is 15.1. The maximum atomic E-state index is 11.7. The number of benzene rings is 1. The van der Waals surface area contributed by atoms with Crippen LogP contribution in [0.3, 0.4) is 0 Å². The molecule has 1 aliphatic heterocycles. The van der Waals surface area contributed by atoms with Gasteiger partial charge in [0.2, 0.25) is 0 Å².